The number of nitrogens with zero attached hydrogens (tertiary/aromatic N) is 1. The second kappa shape index (κ2) is 5.57. The van der Waals surface area contributed by atoms with Gasteiger partial charge in [0.2, 0.25) is 0 Å². The number of benzene rings is 2. The van der Waals surface area contributed by atoms with Gasteiger partial charge in [-0.05, 0) is 49.4 Å². The van der Waals surface area contributed by atoms with Crippen LogP contribution in [0, 0.1) is 24.1 Å². The van der Waals surface area contributed by atoms with Crippen molar-refractivity contribution in [3.8, 4) is 6.07 Å². The highest BCUT2D eigenvalue weighted by molar-refractivity contribution is 5.58. The average Bonchev–Trinajstić information content (AvgIpc) is 2.45. The molecule has 3 heteroatoms. The molecule has 0 radical (unpaired) electrons. The molecule has 1 fully saturated rings. The molecule has 2 aromatic carbocycles. The fourth-order valence-corrected chi connectivity index (χ4v) is 2.80. The minimum absolute atomic E-state index is 0.355. The Morgan fingerprint density at radius 2 is 1.86 bits per heavy atom. The van der Waals surface area contributed by atoms with Gasteiger partial charge in [-0.2, -0.15) is 5.26 Å². The minimum Gasteiger partial charge on any atom is -0.381 e. The molecule has 0 spiro atoms. The van der Waals surface area contributed by atoms with Gasteiger partial charge >= 0.3 is 0 Å². The third-order valence-corrected chi connectivity index (χ3v) is 4.15. The maximum Gasteiger partial charge on any atom is 0.124 e. The van der Waals surface area contributed by atoms with E-state index in [1.165, 1.54) is 23.3 Å². The summed E-state index contributed by atoms with van der Waals surface area (Å²) in [6.07, 6.45) is 2.09. The third-order valence-electron chi connectivity index (χ3n) is 4.15. The van der Waals surface area contributed by atoms with Crippen LogP contribution in [0.1, 0.15) is 35.4 Å². The van der Waals surface area contributed by atoms with Gasteiger partial charge in [0.05, 0.1) is 11.3 Å². The number of aryl methyl sites for hydroxylation is 1. The number of nitrogens with one attached hydrogen (secondary N) is 1. The highest BCUT2D eigenvalue weighted by atomic mass is 19.1. The molecule has 21 heavy (non-hydrogen) atoms. The number of halogens is 1. The quantitative estimate of drug-likeness (QED) is 0.906. The molecule has 2 nitrogen and oxygen atoms in total. The van der Waals surface area contributed by atoms with Crippen molar-refractivity contribution in [3.05, 3.63) is 65.0 Å². The van der Waals surface area contributed by atoms with Crippen LogP contribution in [0.3, 0.4) is 0 Å². The van der Waals surface area contributed by atoms with E-state index >= 15 is 0 Å². The van der Waals surface area contributed by atoms with Crippen molar-refractivity contribution in [2.24, 2.45) is 0 Å². The molecule has 0 heterocycles. The van der Waals surface area contributed by atoms with E-state index < -0.39 is 0 Å². The Labute approximate surface area is 124 Å². The Hall–Kier alpha value is -2.34. The molecule has 0 saturated heterocycles. The number of hydrogen-bond donors (Lipinski definition) is 1. The summed E-state index contributed by atoms with van der Waals surface area (Å²) in [5.41, 5.74) is 3.75. The van der Waals surface area contributed by atoms with Crippen molar-refractivity contribution >= 4 is 5.69 Å². The van der Waals surface area contributed by atoms with Gasteiger partial charge in [0.25, 0.3) is 0 Å². The molecule has 0 unspecified atom stereocenters. The van der Waals surface area contributed by atoms with Crippen molar-refractivity contribution in [3.63, 3.8) is 0 Å². The molecule has 0 aromatic heterocycles. The van der Waals surface area contributed by atoms with Gasteiger partial charge in [0, 0.05) is 6.04 Å². The largest absolute Gasteiger partial charge is 0.381 e. The van der Waals surface area contributed by atoms with Crippen molar-refractivity contribution in [2.45, 2.75) is 31.7 Å². The summed E-state index contributed by atoms with van der Waals surface area (Å²) in [4.78, 5) is 0. The molecule has 1 N–H and O–H groups in total. The maximum absolute atomic E-state index is 13.1. The summed E-state index contributed by atoms with van der Waals surface area (Å²) < 4.78 is 13.1. The summed E-state index contributed by atoms with van der Waals surface area (Å²) in [7, 11) is 0. The lowest BCUT2D eigenvalue weighted by molar-refractivity contribution is 0.374. The van der Waals surface area contributed by atoms with Crippen LogP contribution in [0.25, 0.3) is 0 Å². The maximum atomic E-state index is 13.1. The zero-order valence-electron chi connectivity index (χ0n) is 11.9. The molecular formula is C18H17FN2. The summed E-state index contributed by atoms with van der Waals surface area (Å²) in [6, 6.07) is 15.4. The first-order chi connectivity index (χ1) is 10.2. The van der Waals surface area contributed by atoms with Crippen LogP contribution in [0.15, 0.2) is 42.5 Å². The van der Waals surface area contributed by atoms with Gasteiger partial charge in [-0.15, -0.1) is 0 Å². The van der Waals surface area contributed by atoms with Crippen LogP contribution < -0.4 is 5.32 Å². The first kappa shape index (κ1) is 13.6. The van der Waals surface area contributed by atoms with Crippen LogP contribution in [0.4, 0.5) is 10.1 Å². The fourth-order valence-electron chi connectivity index (χ4n) is 2.80. The summed E-state index contributed by atoms with van der Waals surface area (Å²) in [6.45, 7) is 2.09. The summed E-state index contributed by atoms with van der Waals surface area (Å²) in [5, 5.41) is 12.4. The van der Waals surface area contributed by atoms with Crippen molar-refractivity contribution in [1.82, 2.24) is 0 Å². The zero-order valence-corrected chi connectivity index (χ0v) is 11.9. The van der Waals surface area contributed by atoms with E-state index in [-0.39, 0.29) is 5.82 Å². The van der Waals surface area contributed by atoms with Crippen LogP contribution in [-0.4, -0.2) is 6.04 Å². The summed E-state index contributed by atoms with van der Waals surface area (Å²) >= 11 is 0. The molecule has 2 aromatic rings. The molecule has 0 atom stereocenters. The average molecular weight is 280 g/mol. The zero-order chi connectivity index (χ0) is 14.8. The smallest absolute Gasteiger partial charge is 0.124 e. The molecule has 0 bridgehead atoms. The number of rotatable bonds is 3. The second-order valence-electron chi connectivity index (χ2n) is 5.72. The van der Waals surface area contributed by atoms with E-state index in [4.69, 9.17) is 5.26 Å². The van der Waals surface area contributed by atoms with Crippen LogP contribution in [0.5, 0.6) is 0 Å². The van der Waals surface area contributed by atoms with E-state index in [0.717, 1.165) is 18.5 Å². The monoisotopic (exact) mass is 280 g/mol. The van der Waals surface area contributed by atoms with E-state index in [0.29, 0.717) is 17.5 Å². The van der Waals surface area contributed by atoms with E-state index in [2.05, 4.69) is 36.5 Å². The molecule has 1 aliphatic carbocycles. The Morgan fingerprint density at radius 3 is 2.52 bits per heavy atom. The first-order valence-electron chi connectivity index (χ1n) is 7.18. The lowest BCUT2D eigenvalue weighted by Gasteiger charge is -2.37. The molecule has 3 rings (SSSR count). The summed E-state index contributed by atoms with van der Waals surface area (Å²) in [5.74, 6) is 0.206. The van der Waals surface area contributed by atoms with Gasteiger partial charge in [-0.25, -0.2) is 4.39 Å². The number of anilines is 1. The van der Waals surface area contributed by atoms with Gasteiger partial charge in [-0.1, -0.05) is 29.8 Å². The predicted octanol–water partition coefficient (Wildman–Crippen LogP) is 4.36. The molecular weight excluding hydrogens is 263 g/mol. The lowest BCUT2D eigenvalue weighted by Crippen LogP contribution is -2.34. The third kappa shape index (κ3) is 2.90. The van der Waals surface area contributed by atoms with Gasteiger partial charge in [0.1, 0.15) is 11.9 Å². The predicted molar refractivity (Wildman–Crippen MR) is 81.7 cm³/mol. The van der Waals surface area contributed by atoms with Gasteiger partial charge in [-0.3, -0.25) is 0 Å². The van der Waals surface area contributed by atoms with Crippen molar-refractivity contribution < 1.29 is 4.39 Å². The van der Waals surface area contributed by atoms with Crippen LogP contribution >= 0.6 is 0 Å². The molecule has 0 amide bonds. The van der Waals surface area contributed by atoms with Gasteiger partial charge in [0.15, 0.2) is 0 Å². The molecule has 106 valence electrons. The topological polar surface area (TPSA) is 35.8 Å². The molecule has 1 saturated carbocycles. The van der Waals surface area contributed by atoms with Crippen molar-refractivity contribution in [2.75, 3.05) is 5.32 Å². The SMILES string of the molecule is Cc1ccc(C2CC(Nc3ccc(F)cc3C#N)C2)cc1. The lowest BCUT2D eigenvalue weighted by atomic mass is 9.75. The van der Waals surface area contributed by atoms with Crippen molar-refractivity contribution in [1.29, 1.82) is 5.26 Å². The van der Waals surface area contributed by atoms with E-state index in [1.54, 1.807) is 6.07 Å². The Bertz CT molecular complexity index is 679. The van der Waals surface area contributed by atoms with Crippen LogP contribution in [-0.2, 0) is 0 Å². The number of nitriles is 1. The Balaban J connectivity index is 1.63. The van der Waals surface area contributed by atoms with E-state index in [1.807, 2.05) is 6.07 Å². The highest BCUT2D eigenvalue weighted by Crippen LogP contribution is 2.38. The minimum atomic E-state index is -0.372. The highest BCUT2D eigenvalue weighted by Gasteiger charge is 2.30. The molecule has 0 aliphatic heterocycles. The fraction of sp³-hybridized carbons (Fsp3) is 0.278. The van der Waals surface area contributed by atoms with E-state index in [9.17, 15) is 4.39 Å². The first-order valence-corrected chi connectivity index (χ1v) is 7.18. The number of hydrogen-bond acceptors (Lipinski definition) is 2. The second-order valence-corrected chi connectivity index (χ2v) is 5.72. The van der Waals surface area contributed by atoms with Gasteiger partial charge < -0.3 is 5.32 Å². The standard InChI is InChI=1S/C18H17FN2/c1-12-2-4-13(5-3-12)14-9-17(10-14)21-18-7-6-16(19)8-15(18)11-20/h2-8,14,17,21H,9-10H2,1H3. The normalized spacial score (nSPS) is 20.4. The Morgan fingerprint density at radius 1 is 1.14 bits per heavy atom. The van der Waals surface area contributed by atoms with Crippen LogP contribution in [0.2, 0.25) is 0 Å². The Kier molecular flexibility index (Phi) is 3.62. The molecule has 1 aliphatic rings.